The molecule has 0 aromatic carbocycles. The van der Waals surface area contributed by atoms with Crippen molar-refractivity contribution >= 4 is 23.6 Å². The number of piperidine rings is 1. The van der Waals surface area contributed by atoms with Gasteiger partial charge in [0, 0.05) is 36.9 Å². The van der Waals surface area contributed by atoms with Gasteiger partial charge in [-0.3, -0.25) is 9.59 Å². The van der Waals surface area contributed by atoms with Gasteiger partial charge in [0.25, 0.3) is 5.91 Å². The molecule has 0 spiro atoms. The van der Waals surface area contributed by atoms with Crippen LogP contribution in [0.25, 0.3) is 5.65 Å². The predicted molar refractivity (Wildman–Crippen MR) is 109 cm³/mol. The molecular weight excluding hydrogens is 388 g/mol. The van der Waals surface area contributed by atoms with E-state index < -0.39 is 5.91 Å². The Balaban J connectivity index is 1.57. The monoisotopic (exact) mass is 416 g/mol. The van der Waals surface area contributed by atoms with Gasteiger partial charge in [0.2, 0.25) is 5.91 Å². The van der Waals surface area contributed by atoms with Crippen LogP contribution in [0, 0.1) is 13.8 Å². The number of hydrogen-bond acceptors (Lipinski definition) is 6. The van der Waals surface area contributed by atoms with E-state index in [0.29, 0.717) is 51.0 Å². The molecule has 0 atom stereocenters. The minimum Gasteiger partial charge on any atom is -0.450 e. The topological polar surface area (TPSA) is 132 Å². The van der Waals surface area contributed by atoms with Crippen LogP contribution >= 0.6 is 0 Å². The standard InChI is InChI=1S/C20H28N6O4/c1-4-30-20(29)25-9-7-14(8-10-25)24-17(27)6-5-15-12(2)23-19-16(18(21)28)11-22-26(19)13(15)3/h11,14H,4-10H2,1-3H3,(H2,21,28)(H,24,27). The Morgan fingerprint density at radius 1 is 1.27 bits per heavy atom. The normalized spacial score (nSPS) is 14.7. The maximum atomic E-state index is 12.5. The zero-order chi connectivity index (χ0) is 21.8. The Morgan fingerprint density at radius 2 is 1.97 bits per heavy atom. The Morgan fingerprint density at radius 3 is 2.60 bits per heavy atom. The van der Waals surface area contributed by atoms with Gasteiger partial charge in [0.15, 0.2) is 5.65 Å². The van der Waals surface area contributed by atoms with Crippen LogP contribution < -0.4 is 11.1 Å². The van der Waals surface area contributed by atoms with Gasteiger partial charge in [-0.15, -0.1) is 0 Å². The number of ether oxygens (including phenoxy) is 1. The average molecular weight is 416 g/mol. The summed E-state index contributed by atoms with van der Waals surface area (Å²) in [6.45, 7) is 7.02. The van der Waals surface area contributed by atoms with Crippen LogP contribution in [0.4, 0.5) is 4.79 Å². The van der Waals surface area contributed by atoms with Crippen molar-refractivity contribution in [2.75, 3.05) is 19.7 Å². The third kappa shape index (κ3) is 4.52. The Kier molecular flexibility index (Phi) is 6.53. The highest BCUT2D eigenvalue weighted by Crippen LogP contribution is 2.19. The lowest BCUT2D eigenvalue weighted by atomic mass is 10.0. The zero-order valence-corrected chi connectivity index (χ0v) is 17.6. The minimum atomic E-state index is -0.572. The van der Waals surface area contributed by atoms with Crippen LogP contribution in [0.2, 0.25) is 0 Å². The molecule has 30 heavy (non-hydrogen) atoms. The van der Waals surface area contributed by atoms with Crippen molar-refractivity contribution in [2.24, 2.45) is 5.73 Å². The van der Waals surface area contributed by atoms with Crippen molar-refractivity contribution in [2.45, 2.75) is 52.5 Å². The Bertz CT molecular complexity index is 962. The molecule has 0 bridgehead atoms. The van der Waals surface area contributed by atoms with E-state index in [1.165, 1.54) is 6.20 Å². The molecule has 2 aromatic heterocycles. The van der Waals surface area contributed by atoms with Crippen LogP contribution in [0.1, 0.15) is 53.5 Å². The fraction of sp³-hybridized carbons (Fsp3) is 0.550. The van der Waals surface area contributed by atoms with E-state index >= 15 is 0 Å². The first kappa shape index (κ1) is 21.5. The number of likely N-dealkylation sites (tertiary alicyclic amines) is 1. The number of nitrogens with two attached hydrogens (primary N) is 1. The van der Waals surface area contributed by atoms with Crippen LogP contribution in [-0.4, -0.2) is 63.1 Å². The number of primary amides is 1. The molecule has 0 saturated carbocycles. The Labute approximate surface area is 174 Å². The number of aryl methyl sites for hydroxylation is 2. The molecule has 1 fully saturated rings. The van der Waals surface area contributed by atoms with Crippen molar-refractivity contribution in [3.63, 3.8) is 0 Å². The van der Waals surface area contributed by atoms with E-state index in [9.17, 15) is 14.4 Å². The summed E-state index contributed by atoms with van der Waals surface area (Å²) in [4.78, 5) is 41.9. The van der Waals surface area contributed by atoms with E-state index in [4.69, 9.17) is 10.5 Å². The lowest BCUT2D eigenvalue weighted by Crippen LogP contribution is -2.46. The number of fused-ring (bicyclic) bond motifs is 1. The molecule has 0 aliphatic carbocycles. The van der Waals surface area contributed by atoms with E-state index in [1.54, 1.807) is 16.3 Å². The van der Waals surface area contributed by atoms with Gasteiger partial charge < -0.3 is 20.7 Å². The van der Waals surface area contributed by atoms with Gasteiger partial charge in [-0.2, -0.15) is 5.10 Å². The molecule has 3 N–H and O–H groups in total. The maximum absolute atomic E-state index is 12.5. The van der Waals surface area contributed by atoms with Crippen molar-refractivity contribution in [3.8, 4) is 0 Å². The first-order valence-electron chi connectivity index (χ1n) is 10.2. The second-order valence-electron chi connectivity index (χ2n) is 7.45. The third-order valence-corrected chi connectivity index (χ3v) is 5.46. The molecule has 0 unspecified atom stereocenters. The second-order valence-corrected chi connectivity index (χ2v) is 7.45. The first-order valence-corrected chi connectivity index (χ1v) is 10.2. The summed E-state index contributed by atoms with van der Waals surface area (Å²) in [5.74, 6) is -0.612. The summed E-state index contributed by atoms with van der Waals surface area (Å²) < 4.78 is 6.60. The highest BCUT2D eigenvalue weighted by molar-refractivity contribution is 5.98. The molecule has 1 aliphatic rings. The van der Waals surface area contributed by atoms with Crippen molar-refractivity contribution in [1.29, 1.82) is 0 Å². The summed E-state index contributed by atoms with van der Waals surface area (Å²) in [7, 11) is 0. The molecule has 10 nitrogen and oxygen atoms in total. The second kappa shape index (κ2) is 9.10. The minimum absolute atomic E-state index is 0.0400. The van der Waals surface area contributed by atoms with Crippen LogP contribution in [0.15, 0.2) is 6.20 Å². The largest absolute Gasteiger partial charge is 0.450 e. The molecule has 0 radical (unpaired) electrons. The molecule has 1 saturated heterocycles. The van der Waals surface area contributed by atoms with Crippen molar-refractivity contribution < 1.29 is 19.1 Å². The maximum Gasteiger partial charge on any atom is 0.409 e. The van der Waals surface area contributed by atoms with Gasteiger partial charge in [-0.05, 0) is 45.6 Å². The molecule has 3 amide bonds. The molecule has 1 aliphatic heterocycles. The fourth-order valence-corrected chi connectivity index (χ4v) is 3.81. The fourth-order valence-electron chi connectivity index (χ4n) is 3.81. The van der Waals surface area contributed by atoms with Crippen molar-refractivity contribution in [1.82, 2.24) is 24.8 Å². The lowest BCUT2D eigenvalue weighted by Gasteiger charge is -2.31. The van der Waals surface area contributed by atoms with Gasteiger partial charge in [0.05, 0.1) is 12.8 Å². The molecule has 3 heterocycles. The summed E-state index contributed by atoms with van der Waals surface area (Å²) in [6, 6.07) is 0.0511. The molecule has 10 heteroatoms. The number of aromatic nitrogens is 3. The van der Waals surface area contributed by atoms with E-state index in [2.05, 4.69) is 15.4 Å². The highest BCUT2D eigenvalue weighted by atomic mass is 16.6. The third-order valence-electron chi connectivity index (χ3n) is 5.46. The van der Waals surface area contributed by atoms with Gasteiger partial charge in [-0.25, -0.2) is 14.3 Å². The Hall–Kier alpha value is -3.17. The lowest BCUT2D eigenvalue weighted by molar-refractivity contribution is -0.122. The van der Waals surface area contributed by atoms with Gasteiger partial charge in [-0.1, -0.05) is 0 Å². The van der Waals surface area contributed by atoms with E-state index in [1.807, 2.05) is 13.8 Å². The van der Waals surface area contributed by atoms with Crippen LogP contribution in [0.5, 0.6) is 0 Å². The van der Waals surface area contributed by atoms with Gasteiger partial charge in [0.1, 0.15) is 5.56 Å². The number of carbonyl (C=O) groups is 3. The van der Waals surface area contributed by atoms with Crippen LogP contribution in [-0.2, 0) is 16.0 Å². The molecule has 162 valence electrons. The number of nitrogens with zero attached hydrogens (tertiary/aromatic N) is 4. The number of hydrogen-bond donors (Lipinski definition) is 2. The molecule has 3 rings (SSSR count). The van der Waals surface area contributed by atoms with Crippen LogP contribution in [0.3, 0.4) is 0 Å². The number of rotatable bonds is 6. The molecule has 2 aromatic rings. The number of amides is 3. The first-order chi connectivity index (χ1) is 14.3. The van der Waals surface area contributed by atoms with E-state index in [0.717, 1.165) is 17.0 Å². The zero-order valence-electron chi connectivity index (χ0n) is 17.6. The SMILES string of the molecule is CCOC(=O)N1CCC(NC(=O)CCc2c(C)nc3c(C(N)=O)cnn3c2C)CC1. The van der Waals surface area contributed by atoms with Gasteiger partial charge >= 0.3 is 6.09 Å². The highest BCUT2D eigenvalue weighted by Gasteiger charge is 2.24. The molecular formula is C20H28N6O4. The summed E-state index contributed by atoms with van der Waals surface area (Å²) in [5, 5.41) is 7.26. The number of carbonyl (C=O) groups excluding carboxylic acids is 3. The quantitative estimate of drug-likeness (QED) is 0.725. The smallest absolute Gasteiger partial charge is 0.409 e. The van der Waals surface area contributed by atoms with Crippen molar-refractivity contribution in [3.05, 3.63) is 28.7 Å². The average Bonchev–Trinajstić information content (AvgIpc) is 3.12. The predicted octanol–water partition coefficient (Wildman–Crippen LogP) is 1.11. The summed E-state index contributed by atoms with van der Waals surface area (Å²) >= 11 is 0. The summed E-state index contributed by atoms with van der Waals surface area (Å²) in [5.41, 5.74) is 8.59. The number of nitrogens with one attached hydrogen (secondary N) is 1. The van der Waals surface area contributed by atoms with E-state index in [-0.39, 0.29) is 23.6 Å². The summed E-state index contributed by atoms with van der Waals surface area (Å²) in [6.07, 6.45) is 3.36.